The summed E-state index contributed by atoms with van der Waals surface area (Å²) < 4.78 is 5.16. The van der Waals surface area contributed by atoms with Crippen LogP contribution in [0.15, 0.2) is 48.5 Å². The van der Waals surface area contributed by atoms with E-state index in [1.165, 1.54) is 16.8 Å². The molecule has 0 aliphatic carbocycles. The monoisotopic (exact) mass is 367 g/mol. The fourth-order valence-corrected chi connectivity index (χ4v) is 3.46. The lowest BCUT2D eigenvalue weighted by Gasteiger charge is -2.36. The molecular weight excluding hydrogens is 338 g/mol. The minimum Gasteiger partial charge on any atom is -0.497 e. The molecule has 1 fully saturated rings. The molecule has 27 heavy (non-hydrogen) atoms. The van der Waals surface area contributed by atoms with Gasteiger partial charge >= 0.3 is 0 Å². The highest BCUT2D eigenvalue weighted by atomic mass is 16.5. The summed E-state index contributed by atoms with van der Waals surface area (Å²) in [6, 6.07) is 16.5. The number of hydrogen-bond acceptors (Lipinski definition) is 4. The maximum atomic E-state index is 12.2. The number of hydrogen-bond donors (Lipinski definition) is 1. The number of ether oxygens (including phenoxy) is 1. The van der Waals surface area contributed by atoms with Crippen molar-refractivity contribution >= 4 is 11.6 Å². The second-order valence-corrected chi connectivity index (χ2v) is 7.00. The van der Waals surface area contributed by atoms with Crippen LogP contribution in [0.2, 0.25) is 0 Å². The number of nitrogens with one attached hydrogen (secondary N) is 1. The Morgan fingerprint density at radius 1 is 1.04 bits per heavy atom. The zero-order chi connectivity index (χ0) is 19.1. The predicted octanol–water partition coefficient (Wildman–Crippen LogP) is 2.48. The smallest absolute Gasteiger partial charge is 0.234 e. The number of piperazine rings is 1. The summed E-state index contributed by atoms with van der Waals surface area (Å²) >= 11 is 0. The van der Waals surface area contributed by atoms with Gasteiger partial charge in [-0.25, -0.2) is 0 Å². The van der Waals surface area contributed by atoms with Gasteiger partial charge < -0.3 is 15.0 Å². The fraction of sp³-hybridized carbons (Fsp3) is 0.409. The first-order valence-electron chi connectivity index (χ1n) is 9.58. The van der Waals surface area contributed by atoms with Crippen LogP contribution < -0.4 is 15.0 Å². The van der Waals surface area contributed by atoms with Crippen LogP contribution in [0.1, 0.15) is 11.1 Å². The molecule has 0 bridgehead atoms. The lowest BCUT2D eigenvalue weighted by molar-refractivity contribution is -0.122. The van der Waals surface area contributed by atoms with E-state index >= 15 is 0 Å². The Morgan fingerprint density at radius 2 is 1.74 bits per heavy atom. The van der Waals surface area contributed by atoms with E-state index in [1.807, 2.05) is 24.3 Å². The molecule has 1 heterocycles. The SMILES string of the molecule is COc1ccc(CCNC(=O)CN2CCN(c3ccccc3C)CC2)cc1. The standard InChI is InChI=1S/C22H29N3O2/c1-18-5-3-4-6-21(18)25-15-13-24(14-16-25)17-22(26)23-12-11-19-7-9-20(27-2)10-8-19/h3-10H,11-17H2,1-2H3,(H,23,26). The fourth-order valence-electron chi connectivity index (χ4n) is 3.46. The summed E-state index contributed by atoms with van der Waals surface area (Å²) in [6.07, 6.45) is 0.830. The number of para-hydroxylation sites is 1. The summed E-state index contributed by atoms with van der Waals surface area (Å²) in [5.41, 5.74) is 3.81. The van der Waals surface area contributed by atoms with Crippen LogP contribution in [-0.2, 0) is 11.2 Å². The van der Waals surface area contributed by atoms with Crippen molar-refractivity contribution in [1.29, 1.82) is 0 Å². The summed E-state index contributed by atoms with van der Waals surface area (Å²) in [7, 11) is 1.66. The molecule has 144 valence electrons. The molecule has 0 atom stereocenters. The molecule has 0 saturated carbocycles. The normalized spacial score (nSPS) is 14.8. The van der Waals surface area contributed by atoms with Crippen LogP contribution in [0.5, 0.6) is 5.75 Å². The summed E-state index contributed by atoms with van der Waals surface area (Å²) in [4.78, 5) is 16.9. The third-order valence-corrected chi connectivity index (χ3v) is 5.09. The van der Waals surface area contributed by atoms with Gasteiger partial charge in [-0.05, 0) is 42.7 Å². The van der Waals surface area contributed by atoms with Crippen molar-refractivity contribution in [1.82, 2.24) is 10.2 Å². The van der Waals surface area contributed by atoms with Gasteiger partial charge in [0.15, 0.2) is 0 Å². The Balaban J connectivity index is 1.37. The zero-order valence-electron chi connectivity index (χ0n) is 16.3. The highest BCUT2D eigenvalue weighted by Crippen LogP contribution is 2.20. The van der Waals surface area contributed by atoms with Crippen molar-refractivity contribution in [2.24, 2.45) is 0 Å². The van der Waals surface area contributed by atoms with Gasteiger partial charge in [0.2, 0.25) is 5.91 Å². The van der Waals surface area contributed by atoms with Crippen LogP contribution >= 0.6 is 0 Å². The molecule has 0 aromatic heterocycles. The van der Waals surface area contributed by atoms with Crippen LogP contribution in [0.25, 0.3) is 0 Å². The van der Waals surface area contributed by atoms with Gasteiger partial charge in [0.25, 0.3) is 0 Å². The number of amides is 1. The highest BCUT2D eigenvalue weighted by Gasteiger charge is 2.19. The first-order chi connectivity index (χ1) is 13.2. The Kier molecular flexibility index (Phi) is 6.71. The Bertz CT molecular complexity index is 737. The van der Waals surface area contributed by atoms with Gasteiger partial charge in [-0.3, -0.25) is 9.69 Å². The lowest BCUT2D eigenvalue weighted by Crippen LogP contribution is -2.49. The summed E-state index contributed by atoms with van der Waals surface area (Å²) in [5.74, 6) is 0.959. The van der Waals surface area contributed by atoms with Gasteiger partial charge in [0.1, 0.15) is 5.75 Å². The van der Waals surface area contributed by atoms with Crippen molar-refractivity contribution in [3.8, 4) is 5.75 Å². The number of nitrogens with zero attached hydrogens (tertiary/aromatic N) is 2. The zero-order valence-corrected chi connectivity index (χ0v) is 16.3. The number of anilines is 1. The molecule has 2 aromatic carbocycles. The maximum Gasteiger partial charge on any atom is 0.234 e. The Hall–Kier alpha value is -2.53. The van der Waals surface area contributed by atoms with E-state index in [1.54, 1.807) is 7.11 Å². The topological polar surface area (TPSA) is 44.8 Å². The minimum atomic E-state index is 0.104. The number of benzene rings is 2. The largest absolute Gasteiger partial charge is 0.497 e. The van der Waals surface area contributed by atoms with Gasteiger partial charge in [-0.2, -0.15) is 0 Å². The van der Waals surface area contributed by atoms with E-state index in [9.17, 15) is 4.79 Å². The highest BCUT2D eigenvalue weighted by molar-refractivity contribution is 5.78. The van der Waals surface area contributed by atoms with Gasteiger partial charge in [0, 0.05) is 38.4 Å². The van der Waals surface area contributed by atoms with Crippen LogP contribution in [0.4, 0.5) is 5.69 Å². The van der Waals surface area contributed by atoms with Crippen molar-refractivity contribution in [2.75, 3.05) is 51.3 Å². The second-order valence-electron chi connectivity index (χ2n) is 7.00. The molecule has 2 aromatic rings. The molecule has 1 aliphatic heterocycles. The van der Waals surface area contributed by atoms with E-state index in [0.717, 1.165) is 38.3 Å². The third kappa shape index (κ3) is 5.47. The van der Waals surface area contributed by atoms with Crippen LogP contribution in [0, 0.1) is 6.92 Å². The number of aryl methyl sites for hydroxylation is 1. The third-order valence-electron chi connectivity index (χ3n) is 5.09. The average molecular weight is 367 g/mol. The van der Waals surface area contributed by atoms with Crippen molar-refractivity contribution in [3.05, 3.63) is 59.7 Å². The summed E-state index contributed by atoms with van der Waals surface area (Å²) in [6.45, 7) is 7.05. The maximum absolute atomic E-state index is 12.2. The Labute approximate surface area is 161 Å². The molecule has 0 radical (unpaired) electrons. The molecule has 1 aliphatic rings. The molecule has 0 unspecified atom stereocenters. The van der Waals surface area contributed by atoms with E-state index in [0.29, 0.717) is 13.1 Å². The lowest BCUT2D eigenvalue weighted by atomic mass is 10.1. The number of carbonyl (C=O) groups is 1. The predicted molar refractivity (Wildman–Crippen MR) is 110 cm³/mol. The van der Waals surface area contributed by atoms with Crippen molar-refractivity contribution < 1.29 is 9.53 Å². The van der Waals surface area contributed by atoms with E-state index in [4.69, 9.17) is 4.74 Å². The molecule has 1 N–H and O–H groups in total. The second kappa shape index (κ2) is 9.42. The van der Waals surface area contributed by atoms with Gasteiger partial charge in [0.05, 0.1) is 13.7 Å². The van der Waals surface area contributed by atoms with Crippen molar-refractivity contribution in [3.63, 3.8) is 0 Å². The number of methoxy groups -OCH3 is 1. The van der Waals surface area contributed by atoms with E-state index < -0.39 is 0 Å². The van der Waals surface area contributed by atoms with Crippen molar-refractivity contribution in [2.45, 2.75) is 13.3 Å². The average Bonchev–Trinajstić information content (AvgIpc) is 2.70. The molecule has 3 rings (SSSR count). The first kappa shape index (κ1) is 19.2. The molecular formula is C22H29N3O2. The summed E-state index contributed by atoms with van der Waals surface area (Å²) in [5, 5.41) is 3.03. The minimum absolute atomic E-state index is 0.104. The first-order valence-corrected chi connectivity index (χ1v) is 9.58. The molecule has 5 heteroatoms. The number of rotatable bonds is 7. The quantitative estimate of drug-likeness (QED) is 0.817. The van der Waals surface area contributed by atoms with Gasteiger partial charge in [-0.1, -0.05) is 30.3 Å². The van der Waals surface area contributed by atoms with E-state index in [2.05, 4.69) is 46.3 Å². The van der Waals surface area contributed by atoms with E-state index in [-0.39, 0.29) is 5.91 Å². The number of carbonyl (C=O) groups excluding carboxylic acids is 1. The van der Waals surface area contributed by atoms with Crippen LogP contribution in [0.3, 0.4) is 0 Å². The molecule has 0 spiro atoms. The Morgan fingerprint density at radius 3 is 2.41 bits per heavy atom. The van der Waals surface area contributed by atoms with Gasteiger partial charge in [-0.15, -0.1) is 0 Å². The molecule has 5 nitrogen and oxygen atoms in total. The van der Waals surface area contributed by atoms with Crippen LogP contribution in [-0.4, -0.2) is 57.2 Å². The molecule has 1 amide bonds. The molecule has 1 saturated heterocycles.